The standard InChI is InChI=1S/C18H16O4.C18H14O4/c1-11(2)17(19)21-15-7-5-14-10-16(8-6-13(14)9-15)22-18(20)12(3)4;1-3-17(19)21-15-9-5-13(6-10-15)14-7-11-16(12-8-14)22-18(20)4-2/h5-10H,1,3H2,2,4H3;3-12H,1-2H2. The highest BCUT2D eigenvalue weighted by Crippen LogP contribution is 2.26. The van der Waals surface area contributed by atoms with Gasteiger partial charge in [0.2, 0.25) is 0 Å². The van der Waals surface area contributed by atoms with Gasteiger partial charge in [-0.2, -0.15) is 0 Å². The Morgan fingerprint density at radius 3 is 1.11 bits per heavy atom. The topological polar surface area (TPSA) is 105 Å². The van der Waals surface area contributed by atoms with Gasteiger partial charge in [-0.1, -0.05) is 62.7 Å². The molecule has 4 aromatic rings. The second kappa shape index (κ2) is 15.3. The van der Waals surface area contributed by atoms with E-state index < -0.39 is 23.9 Å². The van der Waals surface area contributed by atoms with E-state index in [4.69, 9.17) is 18.9 Å². The number of carbonyl (C=O) groups excluding carboxylic acids is 4. The van der Waals surface area contributed by atoms with E-state index in [9.17, 15) is 19.2 Å². The monoisotopic (exact) mass is 590 g/mol. The molecule has 0 unspecified atom stereocenters. The molecular formula is C36H30O8. The zero-order chi connectivity index (χ0) is 32.2. The number of hydrogen-bond donors (Lipinski definition) is 0. The summed E-state index contributed by atoms with van der Waals surface area (Å²) < 4.78 is 20.4. The number of carbonyl (C=O) groups is 4. The zero-order valence-corrected chi connectivity index (χ0v) is 24.3. The Bertz CT molecular complexity index is 1610. The van der Waals surface area contributed by atoms with Crippen molar-refractivity contribution in [3.05, 3.63) is 135 Å². The van der Waals surface area contributed by atoms with Gasteiger partial charge in [0.25, 0.3) is 0 Å². The summed E-state index contributed by atoms with van der Waals surface area (Å²) in [5.74, 6) is -0.158. The van der Waals surface area contributed by atoms with Gasteiger partial charge in [-0.3, -0.25) is 0 Å². The fraction of sp³-hybridized carbons (Fsp3) is 0.0556. The molecule has 0 saturated heterocycles. The van der Waals surface area contributed by atoms with Gasteiger partial charge in [0.05, 0.1) is 0 Å². The minimum Gasteiger partial charge on any atom is -0.423 e. The summed E-state index contributed by atoms with van der Waals surface area (Å²) in [7, 11) is 0. The van der Waals surface area contributed by atoms with Crippen molar-refractivity contribution in [2.45, 2.75) is 13.8 Å². The maximum absolute atomic E-state index is 11.5. The van der Waals surface area contributed by atoms with Crippen molar-refractivity contribution in [2.24, 2.45) is 0 Å². The molecule has 4 rings (SSSR count). The summed E-state index contributed by atoms with van der Waals surface area (Å²) in [4.78, 5) is 45.2. The number of fused-ring (bicyclic) bond motifs is 1. The van der Waals surface area contributed by atoms with Gasteiger partial charge in [-0.15, -0.1) is 0 Å². The summed E-state index contributed by atoms with van der Waals surface area (Å²) in [5.41, 5.74) is 2.56. The Kier molecular flexibility index (Phi) is 11.3. The van der Waals surface area contributed by atoms with Crippen LogP contribution in [-0.2, 0) is 19.2 Å². The normalized spacial score (nSPS) is 9.86. The molecule has 0 heterocycles. The van der Waals surface area contributed by atoms with Gasteiger partial charge in [0, 0.05) is 23.3 Å². The molecule has 8 heteroatoms. The lowest BCUT2D eigenvalue weighted by Crippen LogP contribution is -2.08. The lowest BCUT2D eigenvalue weighted by molar-refractivity contribution is -0.130. The van der Waals surface area contributed by atoms with Crippen LogP contribution in [0.5, 0.6) is 23.0 Å². The fourth-order valence-electron chi connectivity index (χ4n) is 3.46. The van der Waals surface area contributed by atoms with E-state index in [0.717, 1.165) is 34.1 Å². The SMILES string of the molecule is C=C(C)C(=O)Oc1ccc2cc(OC(=O)C(=C)C)ccc2c1.C=CC(=O)Oc1ccc(-c2ccc(OC(=O)C=C)cc2)cc1. The highest BCUT2D eigenvalue weighted by Gasteiger charge is 2.09. The van der Waals surface area contributed by atoms with Crippen molar-refractivity contribution in [2.75, 3.05) is 0 Å². The van der Waals surface area contributed by atoms with E-state index in [1.54, 1.807) is 74.5 Å². The first kappa shape index (κ1) is 32.5. The van der Waals surface area contributed by atoms with Gasteiger partial charge < -0.3 is 18.9 Å². The second-order valence-corrected chi connectivity index (χ2v) is 9.31. The molecule has 0 bridgehead atoms. The largest absolute Gasteiger partial charge is 0.423 e. The number of hydrogen-bond acceptors (Lipinski definition) is 8. The van der Waals surface area contributed by atoms with Crippen LogP contribution >= 0.6 is 0 Å². The third-order valence-corrected chi connectivity index (χ3v) is 5.71. The highest BCUT2D eigenvalue weighted by atomic mass is 16.5. The molecule has 0 amide bonds. The molecular weight excluding hydrogens is 560 g/mol. The van der Waals surface area contributed by atoms with Gasteiger partial charge >= 0.3 is 23.9 Å². The van der Waals surface area contributed by atoms with Gasteiger partial charge in [0.15, 0.2) is 0 Å². The lowest BCUT2D eigenvalue weighted by atomic mass is 10.1. The molecule has 0 aliphatic heterocycles. The Morgan fingerprint density at radius 2 is 0.818 bits per heavy atom. The van der Waals surface area contributed by atoms with E-state index in [-0.39, 0.29) is 0 Å². The summed E-state index contributed by atoms with van der Waals surface area (Å²) in [6.45, 7) is 16.9. The van der Waals surface area contributed by atoms with Crippen LogP contribution in [0, 0.1) is 0 Å². The van der Waals surface area contributed by atoms with Crippen molar-refractivity contribution in [1.29, 1.82) is 0 Å². The number of rotatable bonds is 9. The molecule has 0 aromatic heterocycles. The Morgan fingerprint density at radius 1 is 0.500 bits per heavy atom. The molecule has 0 N–H and O–H groups in total. The van der Waals surface area contributed by atoms with E-state index in [1.807, 2.05) is 24.3 Å². The smallest absolute Gasteiger partial charge is 0.338 e. The first-order valence-corrected chi connectivity index (χ1v) is 13.2. The maximum Gasteiger partial charge on any atom is 0.338 e. The van der Waals surface area contributed by atoms with Crippen molar-refractivity contribution in [3.63, 3.8) is 0 Å². The minimum absolute atomic E-state index is 0.335. The molecule has 0 radical (unpaired) electrons. The number of ether oxygens (including phenoxy) is 4. The molecule has 0 atom stereocenters. The summed E-state index contributed by atoms with van der Waals surface area (Å²) in [5, 5.41) is 1.73. The van der Waals surface area contributed by atoms with E-state index in [1.165, 1.54) is 0 Å². The Labute approximate surface area is 255 Å². The molecule has 0 fully saturated rings. The second-order valence-electron chi connectivity index (χ2n) is 9.31. The molecule has 8 nitrogen and oxygen atoms in total. The van der Waals surface area contributed by atoms with Crippen LogP contribution in [0.2, 0.25) is 0 Å². The summed E-state index contributed by atoms with van der Waals surface area (Å²) in [6.07, 6.45) is 2.22. The van der Waals surface area contributed by atoms with Crippen LogP contribution in [0.3, 0.4) is 0 Å². The van der Waals surface area contributed by atoms with Crippen LogP contribution in [0.15, 0.2) is 135 Å². The van der Waals surface area contributed by atoms with E-state index in [2.05, 4.69) is 26.3 Å². The molecule has 222 valence electrons. The molecule has 4 aromatic carbocycles. The number of esters is 4. The molecule has 0 spiro atoms. The first-order valence-electron chi connectivity index (χ1n) is 13.2. The van der Waals surface area contributed by atoms with Gasteiger partial charge in [-0.25, -0.2) is 19.2 Å². The van der Waals surface area contributed by atoms with Gasteiger partial charge in [-0.05, 0) is 84.3 Å². The quantitative estimate of drug-likeness (QED) is 0.113. The predicted octanol–water partition coefficient (Wildman–Crippen LogP) is 7.34. The highest BCUT2D eigenvalue weighted by molar-refractivity contribution is 5.92. The Hall–Kier alpha value is -6.02. The Balaban J connectivity index is 0.000000240. The summed E-state index contributed by atoms with van der Waals surface area (Å²) in [6, 6.07) is 24.5. The van der Waals surface area contributed by atoms with Gasteiger partial charge in [0.1, 0.15) is 23.0 Å². The average molecular weight is 591 g/mol. The molecule has 44 heavy (non-hydrogen) atoms. The number of benzene rings is 4. The van der Waals surface area contributed by atoms with Crippen molar-refractivity contribution >= 4 is 34.6 Å². The van der Waals surface area contributed by atoms with E-state index in [0.29, 0.717) is 34.1 Å². The molecule has 0 saturated carbocycles. The molecule has 0 aliphatic carbocycles. The van der Waals surface area contributed by atoms with Crippen molar-refractivity contribution < 1.29 is 38.1 Å². The maximum atomic E-state index is 11.5. The third kappa shape index (κ3) is 9.53. The molecule has 0 aliphatic rings. The zero-order valence-electron chi connectivity index (χ0n) is 24.3. The average Bonchev–Trinajstić information content (AvgIpc) is 3.02. The van der Waals surface area contributed by atoms with Crippen LogP contribution in [0.1, 0.15) is 13.8 Å². The predicted molar refractivity (Wildman–Crippen MR) is 168 cm³/mol. The van der Waals surface area contributed by atoms with Crippen LogP contribution < -0.4 is 18.9 Å². The fourth-order valence-corrected chi connectivity index (χ4v) is 3.46. The van der Waals surface area contributed by atoms with Crippen molar-refractivity contribution in [3.8, 4) is 34.1 Å². The minimum atomic E-state index is -0.499. The van der Waals surface area contributed by atoms with Crippen LogP contribution in [0.4, 0.5) is 0 Å². The van der Waals surface area contributed by atoms with Crippen molar-refractivity contribution in [1.82, 2.24) is 0 Å². The summed E-state index contributed by atoms with van der Waals surface area (Å²) >= 11 is 0. The van der Waals surface area contributed by atoms with Crippen LogP contribution in [0.25, 0.3) is 21.9 Å². The van der Waals surface area contributed by atoms with E-state index >= 15 is 0 Å². The van der Waals surface area contributed by atoms with Crippen LogP contribution in [-0.4, -0.2) is 23.9 Å². The lowest BCUT2D eigenvalue weighted by Gasteiger charge is -2.07. The first-order chi connectivity index (χ1) is 21.0. The third-order valence-electron chi connectivity index (χ3n) is 5.71.